The van der Waals surface area contributed by atoms with Crippen LogP contribution in [0.1, 0.15) is 49.3 Å². The Hall–Kier alpha value is -3.12. The average molecular weight is 512 g/mol. The molecule has 0 aliphatic rings. The maximum atomic E-state index is 13.8. The third-order valence-corrected chi connectivity index (χ3v) is 6.15. The van der Waals surface area contributed by atoms with E-state index in [1.54, 1.807) is 11.0 Å². The fourth-order valence-corrected chi connectivity index (χ4v) is 4.37. The molecule has 1 aromatic heterocycles. The molecule has 0 unspecified atom stereocenters. The van der Waals surface area contributed by atoms with Crippen molar-refractivity contribution in [2.75, 3.05) is 19.6 Å². The minimum absolute atomic E-state index is 0.0640. The van der Waals surface area contributed by atoms with Crippen molar-refractivity contribution in [3.8, 4) is 0 Å². The summed E-state index contributed by atoms with van der Waals surface area (Å²) in [5.41, 5.74) is 2.23. The first kappa shape index (κ1) is 27.5. The number of carbonyl (C=O) groups is 2. The second-order valence-electron chi connectivity index (χ2n) is 9.98. The van der Waals surface area contributed by atoms with Gasteiger partial charge in [0.15, 0.2) is 0 Å². The van der Waals surface area contributed by atoms with Gasteiger partial charge in [-0.2, -0.15) is 0 Å². The summed E-state index contributed by atoms with van der Waals surface area (Å²) in [5.74, 6) is -0.555. The topological polar surface area (TPSA) is 45.6 Å². The fourth-order valence-electron chi connectivity index (χ4n) is 4.18. The molecular weight excluding hydrogens is 477 g/mol. The summed E-state index contributed by atoms with van der Waals surface area (Å²) in [6, 6.07) is 17.3. The second kappa shape index (κ2) is 12.7. The first-order valence-corrected chi connectivity index (χ1v) is 12.7. The molecule has 0 spiro atoms. The van der Waals surface area contributed by atoms with Crippen LogP contribution in [0.5, 0.6) is 0 Å². The Kier molecular flexibility index (Phi) is 9.71. The summed E-state index contributed by atoms with van der Waals surface area (Å²) in [7, 11) is 0. The Morgan fingerprint density at radius 2 is 1.61 bits per heavy atom. The summed E-state index contributed by atoms with van der Waals surface area (Å²) in [6.07, 6.45) is 1.98. The highest BCUT2D eigenvalue weighted by Crippen LogP contribution is 2.19. The Morgan fingerprint density at radius 3 is 2.28 bits per heavy atom. The van der Waals surface area contributed by atoms with Crippen LogP contribution >= 0.6 is 11.6 Å². The molecule has 1 heterocycles. The lowest BCUT2D eigenvalue weighted by Crippen LogP contribution is -2.45. The monoisotopic (exact) mass is 511 g/mol. The number of benzene rings is 2. The normalized spacial score (nSPS) is 11.2. The molecule has 0 saturated heterocycles. The molecule has 7 heteroatoms. The molecule has 0 N–H and O–H groups in total. The van der Waals surface area contributed by atoms with Crippen LogP contribution < -0.4 is 0 Å². The summed E-state index contributed by atoms with van der Waals surface area (Å²) in [4.78, 5) is 30.1. The van der Waals surface area contributed by atoms with Gasteiger partial charge in [0, 0.05) is 42.1 Å². The van der Waals surface area contributed by atoms with Gasteiger partial charge in [0.1, 0.15) is 12.4 Å². The smallest absolute Gasteiger partial charge is 0.254 e. The molecule has 0 aliphatic heterocycles. The minimum atomic E-state index is -0.475. The van der Waals surface area contributed by atoms with Crippen LogP contribution in [0.3, 0.4) is 0 Å². The van der Waals surface area contributed by atoms with E-state index >= 15 is 0 Å². The van der Waals surface area contributed by atoms with Crippen molar-refractivity contribution in [1.29, 1.82) is 0 Å². The molecule has 36 heavy (non-hydrogen) atoms. The number of hydrogen-bond acceptors (Lipinski definition) is 2. The van der Waals surface area contributed by atoms with Crippen LogP contribution in [0, 0.1) is 17.7 Å². The zero-order valence-corrected chi connectivity index (χ0v) is 22.2. The highest BCUT2D eigenvalue weighted by molar-refractivity contribution is 6.31. The maximum Gasteiger partial charge on any atom is 0.254 e. The van der Waals surface area contributed by atoms with Gasteiger partial charge in [0.05, 0.1) is 6.54 Å². The summed E-state index contributed by atoms with van der Waals surface area (Å²) < 4.78 is 15.9. The Morgan fingerprint density at radius 1 is 0.917 bits per heavy atom. The summed E-state index contributed by atoms with van der Waals surface area (Å²) >= 11 is 6.37. The third kappa shape index (κ3) is 7.69. The van der Waals surface area contributed by atoms with Crippen LogP contribution in [0.4, 0.5) is 4.39 Å². The molecule has 3 rings (SSSR count). The van der Waals surface area contributed by atoms with Crippen molar-refractivity contribution in [1.82, 2.24) is 14.4 Å². The van der Waals surface area contributed by atoms with Crippen LogP contribution in [0.15, 0.2) is 66.9 Å². The molecule has 0 radical (unpaired) electrons. The molecular formula is C29H35ClFN3O2. The molecule has 192 valence electrons. The first-order valence-electron chi connectivity index (χ1n) is 12.3. The van der Waals surface area contributed by atoms with E-state index in [0.29, 0.717) is 31.2 Å². The zero-order chi connectivity index (χ0) is 26.2. The van der Waals surface area contributed by atoms with Gasteiger partial charge < -0.3 is 14.4 Å². The lowest BCUT2D eigenvalue weighted by atomic mass is 10.1. The van der Waals surface area contributed by atoms with Crippen molar-refractivity contribution in [2.45, 2.75) is 40.8 Å². The molecule has 0 fully saturated rings. The van der Waals surface area contributed by atoms with Gasteiger partial charge >= 0.3 is 0 Å². The fraction of sp³-hybridized carbons (Fsp3) is 0.379. The van der Waals surface area contributed by atoms with Gasteiger partial charge in [0.25, 0.3) is 5.91 Å². The highest BCUT2D eigenvalue weighted by Gasteiger charge is 2.24. The van der Waals surface area contributed by atoms with Crippen LogP contribution in [0.2, 0.25) is 5.02 Å². The van der Waals surface area contributed by atoms with Crippen LogP contribution in [-0.4, -0.2) is 45.8 Å². The van der Waals surface area contributed by atoms with Crippen molar-refractivity contribution < 1.29 is 14.0 Å². The van der Waals surface area contributed by atoms with E-state index in [4.69, 9.17) is 11.6 Å². The lowest BCUT2D eigenvalue weighted by molar-refractivity contribution is -0.133. The van der Waals surface area contributed by atoms with E-state index in [1.165, 1.54) is 23.1 Å². The molecule has 0 atom stereocenters. The first-order chi connectivity index (χ1) is 17.1. The number of halogens is 2. The quantitative estimate of drug-likeness (QED) is 0.311. The average Bonchev–Trinajstić information content (AvgIpc) is 3.25. The van der Waals surface area contributed by atoms with Crippen LogP contribution in [0.25, 0.3) is 0 Å². The molecule has 2 aromatic carbocycles. The SMILES string of the molecule is CC(C)CN(Cc1cccn1Cc1ccccc1Cl)C(=O)CN(CC(C)C)C(=O)c1cccc(F)c1. The Labute approximate surface area is 218 Å². The standard InChI is InChI=1S/C29H35ClFN3O2/c1-21(2)16-33(19-26-12-8-14-32(26)18-24-9-5-6-13-27(24)30)28(35)20-34(17-22(3)4)29(36)23-10-7-11-25(31)15-23/h5-15,21-22H,16-20H2,1-4H3. The third-order valence-electron chi connectivity index (χ3n) is 5.78. The molecule has 0 bridgehead atoms. The number of carbonyl (C=O) groups excluding carboxylic acids is 2. The molecule has 0 saturated carbocycles. The number of hydrogen-bond donors (Lipinski definition) is 0. The minimum Gasteiger partial charge on any atom is -0.345 e. The van der Waals surface area contributed by atoms with E-state index < -0.39 is 5.82 Å². The molecule has 2 amide bonds. The van der Waals surface area contributed by atoms with E-state index in [-0.39, 0.29) is 35.8 Å². The second-order valence-corrected chi connectivity index (χ2v) is 10.4. The Bertz CT molecular complexity index is 1170. The van der Waals surface area contributed by atoms with Gasteiger partial charge in [0.2, 0.25) is 5.91 Å². The van der Waals surface area contributed by atoms with E-state index in [0.717, 1.165) is 11.3 Å². The highest BCUT2D eigenvalue weighted by atomic mass is 35.5. The number of amides is 2. The summed E-state index contributed by atoms with van der Waals surface area (Å²) in [6.45, 7) is 10.0. The van der Waals surface area contributed by atoms with Gasteiger partial charge in [-0.05, 0) is 53.8 Å². The predicted molar refractivity (Wildman–Crippen MR) is 142 cm³/mol. The van der Waals surface area contributed by atoms with E-state index in [1.807, 2.05) is 56.4 Å². The van der Waals surface area contributed by atoms with Gasteiger partial charge in [-0.3, -0.25) is 9.59 Å². The Balaban J connectivity index is 1.80. The maximum absolute atomic E-state index is 13.8. The van der Waals surface area contributed by atoms with E-state index in [2.05, 4.69) is 18.4 Å². The van der Waals surface area contributed by atoms with Gasteiger partial charge in [-0.1, -0.05) is 63.6 Å². The van der Waals surface area contributed by atoms with Crippen molar-refractivity contribution in [3.63, 3.8) is 0 Å². The van der Waals surface area contributed by atoms with Gasteiger partial charge in [-0.15, -0.1) is 0 Å². The summed E-state index contributed by atoms with van der Waals surface area (Å²) in [5, 5.41) is 0.701. The largest absolute Gasteiger partial charge is 0.345 e. The number of aromatic nitrogens is 1. The van der Waals surface area contributed by atoms with E-state index in [9.17, 15) is 14.0 Å². The van der Waals surface area contributed by atoms with Crippen LogP contribution in [-0.2, 0) is 17.9 Å². The zero-order valence-electron chi connectivity index (χ0n) is 21.5. The van der Waals surface area contributed by atoms with Gasteiger partial charge in [-0.25, -0.2) is 4.39 Å². The molecule has 3 aromatic rings. The molecule has 0 aliphatic carbocycles. The van der Waals surface area contributed by atoms with Crippen molar-refractivity contribution in [3.05, 3.63) is 94.5 Å². The predicted octanol–water partition coefficient (Wildman–Crippen LogP) is 6.11. The van der Waals surface area contributed by atoms with Crippen molar-refractivity contribution in [2.24, 2.45) is 11.8 Å². The number of nitrogens with zero attached hydrogens (tertiary/aromatic N) is 3. The van der Waals surface area contributed by atoms with Crippen molar-refractivity contribution >= 4 is 23.4 Å². The number of rotatable bonds is 11. The molecule has 5 nitrogen and oxygen atoms in total. The lowest BCUT2D eigenvalue weighted by Gasteiger charge is -2.30.